The first-order valence-electron chi connectivity index (χ1n) is 8.72. The van der Waals surface area contributed by atoms with Crippen LogP contribution in [0.3, 0.4) is 0 Å². The first-order valence-corrected chi connectivity index (χ1v) is 9.10. The third-order valence-electron chi connectivity index (χ3n) is 4.15. The van der Waals surface area contributed by atoms with E-state index in [0.29, 0.717) is 22.9 Å². The van der Waals surface area contributed by atoms with Gasteiger partial charge in [0.1, 0.15) is 0 Å². The molecule has 0 aliphatic heterocycles. The van der Waals surface area contributed by atoms with Crippen molar-refractivity contribution >= 4 is 34.8 Å². The zero-order valence-electron chi connectivity index (χ0n) is 15.3. The minimum atomic E-state index is -0.403. The summed E-state index contributed by atoms with van der Waals surface area (Å²) >= 11 is 6.04. The van der Waals surface area contributed by atoms with Crippen molar-refractivity contribution in [1.29, 1.82) is 0 Å². The predicted octanol–water partition coefficient (Wildman–Crippen LogP) is 4.22. The number of anilines is 2. The first-order chi connectivity index (χ1) is 13.5. The molecular weight excluding hydrogens is 378 g/mol. The van der Waals surface area contributed by atoms with Crippen LogP contribution >= 0.6 is 11.6 Å². The summed E-state index contributed by atoms with van der Waals surface area (Å²) in [7, 11) is 0. The number of nitrogens with one attached hydrogen (secondary N) is 3. The standard InChI is InChI=1S/C21H20ClN3O3/c1-14-5-2-3-6-15(14)12-24-20(26)13-23-17-9-8-16(22)11-18(17)25-21(27)19-7-4-10-28-19/h2-11,23H,12-13H2,1H3,(H,24,26)(H,25,27). The summed E-state index contributed by atoms with van der Waals surface area (Å²) in [6.45, 7) is 2.51. The Morgan fingerprint density at radius 2 is 1.86 bits per heavy atom. The molecule has 1 heterocycles. The average molecular weight is 398 g/mol. The molecule has 0 saturated heterocycles. The number of hydrogen-bond donors (Lipinski definition) is 3. The van der Waals surface area contributed by atoms with E-state index in [1.54, 1.807) is 30.3 Å². The summed E-state index contributed by atoms with van der Waals surface area (Å²) in [5.41, 5.74) is 3.22. The highest BCUT2D eigenvalue weighted by Crippen LogP contribution is 2.26. The Balaban J connectivity index is 1.60. The summed E-state index contributed by atoms with van der Waals surface area (Å²) in [6, 6.07) is 16.1. The van der Waals surface area contributed by atoms with E-state index >= 15 is 0 Å². The number of benzene rings is 2. The fourth-order valence-electron chi connectivity index (χ4n) is 2.61. The maximum absolute atomic E-state index is 12.2. The molecule has 2 aromatic carbocycles. The van der Waals surface area contributed by atoms with Crippen LogP contribution < -0.4 is 16.0 Å². The van der Waals surface area contributed by atoms with Gasteiger partial charge in [-0.2, -0.15) is 0 Å². The molecule has 3 rings (SSSR count). The van der Waals surface area contributed by atoms with E-state index in [1.807, 2.05) is 31.2 Å². The van der Waals surface area contributed by atoms with Crippen molar-refractivity contribution in [1.82, 2.24) is 5.32 Å². The number of furan rings is 1. The van der Waals surface area contributed by atoms with E-state index < -0.39 is 5.91 Å². The number of carbonyl (C=O) groups is 2. The fraction of sp³-hybridized carbons (Fsp3) is 0.143. The van der Waals surface area contributed by atoms with Gasteiger partial charge in [0.15, 0.2) is 5.76 Å². The lowest BCUT2D eigenvalue weighted by molar-refractivity contribution is -0.119. The summed E-state index contributed by atoms with van der Waals surface area (Å²) in [5.74, 6) is -0.386. The van der Waals surface area contributed by atoms with Crippen LogP contribution in [0.15, 0.2) is 65.3 Å². The van der Waals surface area contributed by atoms with Gasteiger partial charge in [0.25, 0.3) is 5.91 Å². The van der Waals surface area contributed by atoms with Gasteiger partial charge in [-0.15, -0.1) is 0 Å². The largest absolute Gasteiger partial charge is 0.459 e. The quantitative estimate of drug-likeness (QED) is 0.557. The molecule has 0 atom stereocenters. The van der Waals surface area contributed by atoms with Crippen LogP contribution in [0.1, 0.15) is 21.7 Å². The second kappa shape index (κ2) is 9.10. The van der Waals surface area contributed by atoms with Crippen LogP contribution in [0.25, 0.3) is 0 Å². The second-order valence-corrected chi connectivity index (χ2v) is 6.61. The molecule has 0 aliphatic rings. The third-order valence-corrected chi connectivity index (χ3v) is 4.39. The van der Waals surface area contributed by atoms with Gasteiger partial charge in [-0.1, -0.05) is 35.9 Å². The number of aryl methyl sites for hydroxylation is 1. The van der Waals surface area contributed by atoms with Crippen molar-refractivity contribution in [2.24, 2.45) is 0 Å². The van der Waals surface area contributed by atoms with Crippen LogP contribution in [-0.2, 0) is 11.3 Å². The summed E-state index contributed by atoms with van der Waals surface area (Å²) in [4.78, 5) is 24.4. The van der Waals surface area contributed by atoms with Gasteiger partial charge in [0.05, 0.1) is 24.2 Å². The van der Waals surface area contributed by atoms with Crippen LogP contribution in [0.4, 0.5) is 11.4 Å². The predicted molar refractivity (Wildman–Crippen MR) is 110 cm³/mol. The zero-order chi connectivity index (χ0) is 19.9. The van der Waals surface area contributed by atoms with E-state index in [9.17, 15) is 9.59 Å². The molecule has 0 unspecified atom stereocenters. The molecule has 0 fully saturated rings. The molecule has 1 aromatic heterocycles. The van der Waals surface area contributed by atoms with Crippen molar-refractivity contribution in [3.8, 4) is 0 Å². The maximum Gasteiger partial charge on any atom is 0.291 e. The Kier molecular flexibility index (Phi) is 6.34. The molecule has 0 saturated carbocycles. The number of halogens is 1. The Morgan fingerprint density at radius 1 is 1.04 bits per heavy atom. The molecular formula is C21H20ClN3O3. The van der Waals surface area contributed by atoms with Crippen LogP contribution in [0.2, 0.25) is 5.02 Å². The average Bonchev–Trinajstić information content (AvgIpc) is 3.22. The van der Waals surface area contributed by atoms with Gasteiger partial charge < -0.3 is 20.4 Å². The van der Waals surface area contributed by atoms with Crippen LogP contribution in [-0.4, -0.2) is 18.4 Å². The lowest BCUT2D eigenvalue weighted by Gasteiger charge is -2.13. The number of carbonyl (C=O) groups excluding carboxylic acids is 2. The highest BCUT2D eigenvalue weighted by Gasteiger charge is 2.13. The molecule has 7 heteroatoms. The molecule has 3 N–H and O–H groups in total. The minimum absolute atomic E-state index is 0.0527. The first kappa shape index (κ1) is 19.5. The second-order valence-electron chi connectivity index (χ2n) is 6.18. The lowest BCUT2D eigenvalue weighted by Crippen LogP contribution is -2.29. The van der Waals surface area contributed by atoms with E-state index in [0.717, 1.165) is 11.1 Å². The highest BCUT2D eigenvalue weighted by atomic mass is 35.5. The van der Waals surface area contributed by atoms with Gasteiger partial charge in [0.2, 0.25) is 5.91 Å². The van der Waals surface area contributed by atoms with Gasteiger partial charge in [-0.3, -0.25) is 9.59 Å². The van der Waals surface area contributed by atoms with Crippen molar-refractivity contribution in [2.75, 3.05) is 17.2 Å². The zero-order valence-corrected chi connectivity index (χ0v) is 16.0. The van der Waals surface area contributed by atoms with Crippen molar-refractivity contribution in [3.05, 3.63) is 82.8 Å². The molecule has 0 bridgehead atoms. The van der Waals surface area contributed by atoms with Gasteiger partial charge in [-0.05, 0) is 48.4 Å². The van der Waals surface area contributed by atoms with Crippen molar-refractivity contribution < 1.29 is 14.0 Å². The molecule has 144 valence electrons. The molecule has 28 heavy (non-hydrogen) atoms. The Labute approximate surface area is 167 Å². The number of rotatable bonds is 7. The van der Waals surface area contributed by atoms with Crippen LogP contribution in [0.5, 0.6) is 0 Å². The summed E-state index contributed by atoms with van der Waals surface area (Å²) in [5, 5.41) is 9.09. The third kappa shape index (κ3) is 5.14. The van der Waals surface area contributed by atoms with Crippen molar-refractivity contribution in [2.45, 2.75) is 13.5 Å². The molecule has 2 amide bonds. The van der Waals surface area contributed by atoms with Crippen LogP contribution in [0, 0.1) is 6.92 Å². The molecule has 0 radical (unpaired) electrons. The van der Waals surface area contributed by atoms with E-state index in [-0.39, 0.29) is 18.2 Å². The minimum Gasteiger partial charge on any atom is -0.459 e. The molecule has 6 nitrogen and oxygen atoms in total. The fourth-order valence-corrected chi connectivity index (χ4v) is 2.78. The number of amides is 2. The normalized spacial score (nSPS) is 10.4. The smallest absolute Gasteiger partial charge is 0.291 e. The van der Waals surface area contributed by atoms with Gasteiger partial charge in [-0.25, -0.2) is 0 Å². The SMILES string of the molecule is Cc1ccccc1CNC(=O)CNc1ccc(Cl)cc1NC(=O)c1ccco1. The van der Waals surface area contributed by atoms with E-state index in [4.69, 9.17) is 16.0 Å². The van der Waals surface area contributed by atoms with E-state index in [2.05, 4.69) is 16.0 Å². The lowest BCUT2D eigenvalue weighted by atomic mass is 10.1. The highest BCUT2D eigenvalue weighted by molar-refractivity contribution is 6.31. The van der Waals surface area contributed by atoms with Gasteiger partial charge >= 0.3 is 0 Å². The van der Waals surface area contributed by atoms with E-state index in [1.165, 1.54) is 6.26 Å². The Bertz CT molecular complexity index is 971. The molecule has 0 aliphatic carbocycles. The van der Waals surface area contributed by atoms with Crippen molar-refractivity contribution in [3.63, 3.8) is 0 Å². The maximum atomic E-state index is 12.2. The molecule has 3 aromatic rings. The molecule has 0 spiro atoms. The Morgan fingerprint density at radius 3 is 2.61 bits per heavy atom. The Hall–Kier alpha value is -3.25. The monoisotopic (exact) mass is 397 g/mol. The van der Waals surface area contributed by atoms with Gasteiger partial charge in [0, 0.05) is 11.6 Å². The topological polar surface area (TPSA) is 83.4 Å². The summed E-state index contributed by atoms with van der Waals surface area (Å²) in [6.07, 6.45) is 1.42. The number of hydrogen-bond acceptors (Lipinski definition) is 4. The summed E-state index contributed by atoms with van der Waals surface area (Å²) < 4.78 is 5.09.